The second kappa shape index (κ2) is 5.39. The van der Waals surface area contributed by atoms with Crippen LogP contribution in [0.3, 0.4) is 0 Å². The second-order valence-electron chi connectivity index (χ2n) is 5.84. The molecule has 1 aliphatic rings. The van der Waals surface area contributed by atoms with Crippen LogP contribution in [0.5, 0.6) is 0 Å². The zero-order chi connectivity index (χ0) is 15.9. The molecule has 0 aliphatic carbocycles. The molecule has 3 heterocycles. The van der Waals surface area contributed by atoms with Crippen LogP contribution in [-0.4, -0.2) is 53.4 Å². The van der Waals surface area contributed by atoms with E-state index in [4.69, 9.17) is 0 Å². The van der Waals surface area contributed by atoms with E-state index in [1.807, 2.05) is 29.9 Å². The minimum atomic E-state index is -2.92. The Morgan fingerprint density at radius 2 is 1.95 bits per heavy atom. The first-order valence-electron chi connectivity index (χ1n) is 7.27. The lowest BCUT2D eigenvalue weighted by Crippen LogP contribution is -2.42. The summed E-state index contributed by atoms with van der Waals surface area (Å²) in [5.41, 5.74) is 1.16. The number of amides is 1. The quantitative estimate of drug-likeness (QED) is 0.834. The summed E-state index contributed by atoms with van der Waals surface area (Å²) >= 11 is 0. The number of carbonyl (C=O) groups excluding carboxylic acids is 1. The molecule has 0 N–H and O–H groups in total. The summed E-state index contributed by atoms with van der Waals surface area (Å²) in [4.78, 5) is 18.7. The maximum atomic E-state index is 12.6. The van der Waals surface area contributed by atoms with Crippen LogP contribution >= 0.6 is 0 Å². The maximum Gasteiger partial charge on any atom is 0.272 e. The van der Waals surface area contributed by atoms with Crippen LogP contribution in [0, 0.1) is 0 Å². The van der Waals surface area contributed by atoms with Crippen molar-refractivity contribution in [3.05, 3.63) is 30.1 Å². The highest BCUT2D eigenvalue weighted by Crippen LogP contribution is 2.20. The van der Waals surface area contributed by atoms with Gasteiger partial charge in [-0.15, -0.1) is 0 Å². The number of hydrogen-bond acceptors (Lipinski definition) is 4. The van der Waals surface area contributed by atoms with Crippen LogP contribution in [0.2, 0.25) is 0 Å². The maximum absolute atomic E-state index is 12.6. The van der Waals surface area contributed by atoms with E-state index in [0.29, 0.717) is 18.5 Å². The van der Waals surface area contributed by atoms with Crippen molar-refractivity contribution in [3.63, 3.8) is 0 Å². The Kier molecular flexibility index (Phi) is 3.68. The Morgan fingerprint density at radius 1 is 1.27 bits per heavy atom. The highest BCUT2D eigenvalue weighted by atomic mass is 32.2. The van der Waals surface area contributed by atoms with Gasteiger partial charge in [0.15, 0.2) is 0 Å². The molecule has 0 unspecified atom stereocenters. The number of hydrogen-bond donors (Lipinski definition) is 0. The molecule has 1 saturated heterocycles. The van der Waals surface area contributed by atoms with Gasteiger partial charge >= 0.3 is 0 Å². The first kappa shape index (κ1) is 15.0. The molecule has 118 valence electrons. The number of rotatable bonds is 2. The predicted molar refractivity (Wildman–Crippen MR) is 84.5 cm³/mol. The number of aromatic nitrogens is 2. The van der Waals surface area contributed by atoms with Gasteiger partial charge in [-0.05, 0) is 31.0 Å². The van der Waals surface area contributed by atoms with Crippen LogP contribution in [0.25, 0.3) is 11.0 Å². The summed E-state index contributed by atoms with van der Waals surface area (Å²) in [5, 5.41) is 0.991. The fraction of sp³-hybridized carbons (Fsp3) is 0.467. The van der Waals surface area contributed by atoms with E-state index in [0.717, 1.165) is 11.0 Å². The Labute approximate surface area is 129 Å². The fourth-order valence-corrected chi connectivity index (χ4v) is 4.33. The van der Waals surface area contributed by atoms with Gasteiger partial charge in [0.05, 0.1) is 11.5 Å². The summed E-state index contributed by atoms with van der Waals surface area (Å²) in [6, 6.07) is 5.52. The lowest BCUT2D eigenvalue weighted by molar-refractivity contribution is 0.0716. The molecular weight excluding hydrogens is 302 g/mol. The van der Waals surface area contributed by atoms with Crippen molar-refractivity contribution in [3.8, 4) is 0 Å². The molecule has 0 saturated carbocycles. The summed E-state index contributed by atoms with van der Waals surface area (Å²) in [5.74, 6) is 0.145. The number of pyridine rings is 1. The zero-order valence-corrected chi connectivity index (χ0v) is 13.5. The van der Waals surface area contributed by atoms with Gasteiger partial charge in [0.25, 0.3) is 5.91 Å². The summed E-state index contributed by atoms with van der Waals surface area (Å²) in [7, 11) is 0.689. The van der Waals surface area contributed by atoms with Crippen LogP contribution < -0.4 is 0 Å². The minimum absolute atomic E-state index is 0.0399. The van der Waals surface area contributed by atoms with E-state index in [1.54, 1.807) is 18.0 Å². The predicted octanol–water partition coefficient (Wildman–Crippen LogP) is 1.22. The first-order valence-corrected chi connectivity index (χ1v) is 9.09. The Bertz CT molecular complexity index is 812. The molecule has 0 atom stereocenters. The molecule has 0 bridgehead atoms. The van der Waals surface area contributed by atoms with Crippen molar-refractivity contribution in [2.24, 2.45) is 7.05 Å². The zero-order valence-electron chi connectivity index (χ0n) is 12.7. The molecule has 3 rings (SSSR count). The van der Waals surface area contributed by atoms with Crippen LogP contribution in [0.4, 0.5) is 0 Å². The summed E-state index contributed by atoms with van der Waals surface area (Å²) < 4.78 is 24.9. The number of fused-ring (bicyclic) bond motifs is 1. The minimum Gasteiger partial charge on any atom is -0.337 e. The first-order chi connectivity index (χ1) is 10.4. The van der Waals surface area contributed by atoms with Crippen molar-refractivity contribution >= 4 is 26.8 Å². The third kappa shape index (κ3) is 2.72. The van der Waals surface area contributed by atoms with Crippen molar-refractivity contribution in [1.29, 1.82) is 0 Å². The lowest BCUT2D eigenvalue weighted by Gasteiger charge is -2.30. The molecule has 1 fully saturated rings. The highest BCUT2D eigenvalue weighted by Gasteiger charge is 2.29. The smallest absolute Gasteiger partial charge is 0.272 e. The molecule has 0 aromatic carbocycles. The average Bonchev–Trinajstić information content (AvgIpc) is 2.87. The van der Waals surface area contributed by atoms with Crippen molar-refractivity contribution in [2.75, 3.05) is 18.6 Å². The van der Waals surface area contributed by atoms with E-state index < -0.39 is 9.84 Å². The van der Waals surface area contributed by atoms with Crippen LogP contribution in [0.1, 0.15) is 23.3 Å². The monoisotopic (exact) mass is 321 g/mol. The van der Waals surface area contributed by atoms with Crippen LogP contribution in [0.15, 0.2) is 24.4 Å². The van der Waals surface area contributed by atoms with Crippen LogP contribution in [-0.2, 0) is 16.9 Å². The second-order valence-corrected chi connectivity index (χ2v) is 8.14. The normalized spacial score (nSPS) is 18.5. The Balaban J connectivity index is 1.81. The van der Waals surface area contributed by atoms with Gasteiger partial charge in [0.1, 0.15) is 21.2 Å². The number of carbonyl (C=O) groups is 1. The van der Waals surface area contributed by atoms with Gasteiger partial charge < -0.3 is 9.47 Å². The van der Waals surface area contributed by atoms with Gasteiger partial charge in [0, 0.05) is 31.7 Å². The third-order valence-electron chi connectivity index (χ3n) is 4.33. The molecule has 1 amide bonds. The Hall–Kier alpha value is -1.89. The van der Waals surface area contributed by atoms with Gasteiger partial charge in [0.2, 0.25) is 0 Å². The Morgan fingerprint density at radius 3 is 2.64 bits per heavy atom. The van der Waals surface area contributed by atoms with Gasteiger partial charge in [-0.2, -0.15) is 0 Å². The van der Waals surface area contributed by atoms with E-state index in [9.17, 15) is 13.2 Å². The largest absolute Gasteiger partial charge is 0.337 e. The van der Waals surface area contributed by atoms with E-state index >= 15 is 0 Å². The molecule has 1 aliphatic heterocycles. The molecule has 6 nitrogen and oxygen atoms in total. The number of nitrogens with zero attached hydrogens (tertiary/aromatic N) is 3. The molecular formula is C15H19N3O3S. The summed E-state index contributed by atoms with van der Waals surface area (Å²) in [6.07, 6.45) is 2.90. The summed E-state index contributed by atoms with van der Waals surface area (Å²) in [6.45, 7) is 0. The number of sulfone groups is 1. The van der Waals surface area contributed by atoms with Gasteiger partial charge in [-0.3, -0.25) is 4.79 Å². The molecule has 0 radical (unpaired) electrons. The average molecular weight is 321 g/mol. The van der Waals surface area contributed by atoms with E-state index in [-0.39, 0.29) is 23.5 Å². The molecule has 2 aromatic rings. The van der Waals surface area contributed by atoms with Crippen molar-refractivity contribution in [2.45, 2.75) is 18.9 Å². The van der Waals surface area contributed by atoms with Gasteiger partial charge in [-0.1, -0.05) is 0 Å². The van der Waals surface area contributed by atoms with Crippen molar-refractivity contribution < 1.29 is 13.2 Å². The lowest BCUT2D eigenvalue weighted by atomic mass is 10.1. The molecule has 7 heteroatoms. The molecule has 22 heavy (non-hydrogen) atoms. The standard InChI is InChI=1S/C15H19N3O3S/c1-17-8-5-11-3-4-13(16-14(11)17)15(19)18(2)12-6-9-22(20,21)10-7-12/h3-5,8,12H,6-7,9-10H2,1-2H3. The SMILES string of the molecule is CN(C(=O)c1ccc2ccn(C)c2n1)C1CCS(=O)(=O)CC1. The molecule has 0 spiro atoms. The van der Waals surface area contributed by atoms with Crippen molar-refractivity contribution in [1.82, 2.24) is 14.5 Å². The van der Waals surface area contributed by atoms with E-state index in [2.05, 4.69) is 4.98 Å². The van der Waals surface area contributed by atoms with E-state index in [1.165, 1.54) is 0 Å². The third-order valence-corrected chi connectivity index (χ3v) is 6.04. The topological polar surface area (TPSA) is 72.3 Å². The number of aryl methyl sites for hydroxylation is 1. The highest BCUT2D eigenvalue weighted by molar-refractivity contribution is 7.91. The van der Waals surface area contributed by atoms with Gasteiger partial charge in [-0.25, -0.2) is 13.4 Å². The molecule has 2 aromatic heterocycles. The fourth-order valence-electron chi connectivity index (χ4n) is 2.86.